The van der Waals surface area contributed by atoms with Crippen molar-refractivity contribution in [3.8, 4) is 5.75 Å². The largest absolute Gasteiger partial charge is 0.492 e. The van der Waals surface area contributed by atoms with E-state index in [-0.39, 0.29) is 12.1 Å². The van der Waals surface area contributed by atoms with E-state index in [1.165, 1.54) is 11.1 Å². The molecule has 110 valence electrons. The maximum absolute atomic E-state index is 6.29. The molecule has 2 atom stereocenters. The van der Waals surface area contributed by atoms with Crippen LogP contribution in [0.1, 0.15) is 24.1 Å². The Morgan fingerprint density at radius 1 is 1.05 bits per heavy atom. The van der Waals surface area contributed by atoms with Crippen LogP contribution in [0.3, 0.4) is 0 Å². The number of hydrogen-bond acceptors (Lipinski definition) is 3. The molecule has 1 aliphatic heterocycles. The second kappa shape index (κ2) is 6.29. The van der Waals surface area contributed by atoms with Gasteiger partial charge < -0.3 is 10.5 Å². The van der Waals surface area contributed by atoms with Gasteiger partial charge in [0.1, 0.15) is 12.4 Å². The summed E-state index contributed by atoms with van der Waals surface area (Å²) in [6.45, 7) is 4.54. The van der Waals surface area contributed by atoms with E-state index in [4.69, 9.17) is 10.5 Å². The Kier molecular flexibility index (Phi) is 4.23. The molecule has 2 aromatic carbocycles. The number of para-hydroxylation sites is 1. The lowest BCUT2D eigenvalue weighted by molar-refractivity contribution is 0.152. The van der Waals surface area contributed by atoms with E-state index in [9.17, 15) is 0 Å². The normalized spacial score (nSPS) is 18.2. The van der Waals surface area contributed by atoms with Crippen LogP contribution in [0.15, 0.2) is 54.6 Å². The van der Waals surface area contributed by atoms with Crippen LogP contribution >= 0.6 is 0 Å². The lowest BCUT2D eigenvalue weighted by Gasteiger charge is -2.33. The molecule has 0 radical (unpaired) electrons. The van der Waals surface area contributed by atoms with Crippen LogP contribution in [0, 0.1) is 0 Å². The topological polar surface area (TPSA) is 38.5 Å². The summed E-state index contributed by atoms with van der Waals surface area (Å²) in [5.74, 6) is 0.997. The van der Waals surface area contributed by atoms with Crippen molar-refractivity contribution in [3.63, 3.8) is 0 Å². The molecule has 3 heteroatoms. The van der Waals surface area contributed by atoms with E-state index < -0.39 is 0 Å². The number of nitrogens with two attached hydrogens (primary N) is 1. The zero-order valence-electron chi connectivity index (χ0n) is 12.4. The molecular formula is C18H22N2O. The third kappa shape index (κ3) is 3.09. The smallest absolute Gasteiger partial charge is 0.123 e. The summed E-state index contributed by atoms with van der Waals surface area (Å²) in [5.41, 5.74) is 8.79. The van der Waals surface area contributed by atoms with Gasteiger partial charge >= 0.3 is 0 Å². The Morgan fingerprint density at radius 2 is 1.76 bits per heavy atom. The highest BCUT2D eigenvalue weighted by Crippen LogP contribution is 2.30. The first-order valence-electron chi connectivity index (χ1n) is 7.51. The fourth-order valence-corrected chi connectivity index (χ4v) is 3.08. The van der Waals surface area contributed by atoms with Crippen molar-refractivity contribution in [3.05, 3.63) is 65.7 Å². The van der Waals surface area contributed by atoms with Gasteiger partial charge in [-0.3, -0.25) is 4.90 Å². The number of ether oxygens (including phenoxy) is 1. The zero-order valence-corrected chi connectivity index (χ0v) is 12.4. The molecule has 0 aromatic heterocycles. The van der Waals surface area contributed by atoms with Gasteiger partial charge in [-0.05, 0) is 18.6 Å². The summed E-state index contributed by atoms with van der Waals surface area (Å²) in [7, 11) is 0. The van der Waals surface area contributed by atoms with Crippen molar-refractivity contribution in [2.45, 2.75) is 25.6 Å². The van der Waals surface area contributed by atoms with Crippen molar-refractivity contribution in [2.24, 2.45) is 5.73 Å². The Morgan fingerprint density at radius 3 is 2.52 bits per heavy atom. The minimum Gasteiger partial charge on any atom is -0.492 e. The maximum Gasteiger partial charge on any atom is 0.123 e. The fraction of sp³-hybridized carbons (Fsp3) is 0.333. The van der Waals surface area contributed by atoms with E-state index >= 15 is 0 Å². The molecular weight excluding hydrogens is 260 g/mol. The molecule has 0 spiro atoms. The molecule has 0 bridgehead atoms. The molecule has 21 heavy (non-hydrogen) atoms. The molecule has 1 aliphatic rings. The van der Waals surface area contributed by atoms with E-state index in [2.05, 4.69) is 48.2 Å². The summed E-state index contributed by atoms with van der Waals surface area (Å²) in [5, 5.41) is 0. The quantitative estimate of drug-likeness (QED) is 0.940. The van der Waals surface area contributed by atoms with Gasteiger partial charge in [0.05, 0.1) is 6.04 Å². The lowest BCUT2D eigenvalue weighted by atomic mass is 9.98. The van der Waals surface area contributed by atoms with Crippen LogP contribution < -0.4 is 10.5 Å². The molecule has 2 unspecified atom stereocenters. The van der Waals surface area contributed by atoms with Gasteiger partial charge in [-0.1, -0.05) is 48.5 Å². The first-order valence-corrected chi connectivity index (χ1v) is 7.51. The number of benzene rings is 2. The molecule has 0 amide bonds. The minimum atomic E-state index is 0.0673. The number of hydrogen-bond donors (Lipinski definition) is 1. The molecule has 2 N–H and O–H groups in total. The van der Waals surface area contributed by atoms with Gasteiger partial charge in [-0.2, -0.15) is 0 Å². The summed E-state index contributed by atoms with van der Waals surface area (Å²) in [6.07, 6.45) is 0. The average Bonchev–Trinajstić information content (AvgIpc) is 2.70. The van der Waals surface area contributed by atoms with Crippen molar-refractivity contribution in [1.29, 1.82) is 0 Å². The van der Waals surface area contributed by atoms with Crippen molar-refractivity contribution in [2.75, 3.05) is 13.2 Å². The van der Waals surface area contributed by atoms with Crippen LogP contribution in [-0.4, -0.2) is 24.1 Å². The summed E-state index contributed by atoms with van der Waals surface area (Å²) in [4.78, 5) is 2.42. The monoisotopic (exact) mass is 282 g/mol. The van der Waals surface area contributed by atoms with E-state index in [1.54, 1.807) is 0 Å². The lowest BCUT2D eigenvalue weighted by Crippen LogP contribution is -2.40. The van der Waals surface area contributed by atoms with Crippen LogP contribution in [0.4, 0.5) is 0 Å². The second-order valence-electron chi connectivity index (χ2n) is 5.64. The Labute approximate surface area is 126 Å². The minimum absolute atomic E-state index is 0.0673. The molecule has 3 rings (SSSR count). The highest BCUT2D eigenvalue weighted by atomic mass is 16.5. The van der Waals surface area contributed by atoms with Crippen molar-refractivity contribution >= 4 is 0 Å². The summed E-state index contributed by atoms with van der Waals surface area (Å²) < 4.78 is 5.86. The average molecular weight is 282 g/mol. The first-order chi connectivity index (χ1) is 10.3. The number of nitrogens with zero attached hydrogens (tertiary/aromatic N) is 1. The van der Waals surface area contributed by atoms with Gasteiger partial charge in [0.15, 0.2) is 0 Å². The highest BCUT2D eigenvalue weighted by Gasteiger charge is 2.26. The van der Waals surface area contributed by atoms with Crippen LogP contribution in [-0.2, 0) is 6.54 Å². The van der Waals surface area contributed by atoms with Crippen molar-refractivity contribution < 1.29 is 4.74 Å². The van der Waals surface area contributed by atoms with Gasteiger partial charge in [0, 0.05) is 24.7 Å². The van der Waals surface area contributed by atoms with Gasteiger partial charge in [-0.15, -0.1) is 0 Å². The standard InChI is InChI=1S/C18H22N2O/c1-14(19)18(15-7-3-2-4-8-15)20-11-12-21-17-10-6-5-9-16(17)13-20/h2-10,14,18H,11-13,19H2,1H3. The van der Waals surface area contributed by atoms with Crippen LogP contribution in [0.25, 0.3) is 0 Å². The number of fused-ring (bicyclic) bond motifs is 1. The van der Waals surface area contributed by atoms with Crippen LogP contribution in [0.2, 0.25) is 0 Å². The molecule has 3 nitrogen and oxygen atoms in total. The first kappa shape index (κ1) is 14.1. The predicted octanol–water partition coefficient (Wildman–Crippen LogP) is 2.97. The maximum atomic E-state index is 6.29. The van der Waals surface area contributed by atoms with Gasteiger partial charge in [-0.25, -0.2) is 0 Å². The van der Waals surface area contributed by atoms with Gasteiger partial charge in [0.2, 0.25) is 0 Å². The third-order valence-electron chi connectivity index (χ3n) is 4.01. The molecule has 0 aliphatic carbocycles. The van der Waals surface area contributed by atoms with E-state index in [0.29, 0.717) is 6.61 Å². The summed E-state index contributed by atoms with van der Waals surface area (Å²) in [6, 6.07) is 19.1. The van der Waals surface area contributed by atoms with E-state index in [0.717, 1.165) is 18.8 Å². The number of rotatable bonds is 3. The van der Waals surface area contributed by atoms with Crippen molar-refractivity contribution in [1.82, 2.24) is 4.90 Å². The second-order valence-corrected chi connectivity index (χ2v) is 5.64. The van der Waals surface area contributed by atoms with E-state index in [1.807, 2.05) is 18.2 Å². The Balaban J connectivity index is 1.90. The Bertz CT molecular complexity index is 583. The Hall–Kier alpha value is -1.84. The summed E-state index contributed by atoms with van der Waals surface area (Å²) >= 11 is 0. The predicted molar refractivity (Wildman–Crippen MR) is 85.2 cm³/mol. The highest BCUT2D eigenvalue weighted by molar-refractivity contribution is 5.34. The molecule has 0 saturated heterocycles. The fourth-order valence-electron chi connectivity index (χ4n) is 3.08. The third-order valence-corrected chi connectivity index (χ3v) is 4.01. The molecule has 2 aromatic rings. The zero-order chi connectivity index (χ0) is 14.7. The molecule has 1 heterocycles. The van der Waals surface area contributed by atoms with Crippen LogP contribution in [0.5, 0.6) is 5.75 Å². The molecule has 0 fully saturated rings. The van der Waals surface area contributed by atoms with Gasteiger partial charge in [0.25, 0.3) is 0 Å². The SMILES string of the molecule is CC(N)C(c1ccccc1)N1CCOc2ccccc2C1. The molecule has 0 saturated carbocycles.